The summed E-state index contributed by atoms with van der Waals surface area (Å²) in [6, 6.07) is 18.2. The van der Waals surface area contributed by atoms with Crippen molar-refractivity contribution < 1.29 is 19.3 Å². The van der Waals surface area contributed by atoms with E-state index in [1.807, 2.05) is 41.1 Å². The summed E-state index contributed by atoms with van der Waals surface area (Å²) in [7, 11) is 1.66. The van der Waals surface area contributed by atoms with Crippen molar-refractivity contribution in [3.8, 4) is 22.7 Å². The normalized spacial score (nSPS) is 19.6. The van der Waals surface area contributed by atoms with Gasteiger partial charge in [0.2, 0.25) is 0 Å². The molecule has 2 heterocycles. The number of aromatic nitrogens is 2. The molecule has 0 amide bonds. The second-order valence-electron chi connectivity index (χ2n) is 8.53. The first kappa shape index (κ1) is 20.2. The molecule has 1 spiro atoms. The van der Waals surface area contributed by atoms with Crippen LogP contribution in [0.5, 0.6) is 5.75 Å². The first-order valence-electron chi connectivity index (χ1n) is 10.8. The van der Waals surface area contributed by atoms with Crippen molar-refractivity contribution in [1.29, 1.82) is 0 Å². The van der Waals surface area contributed by atoms with E-state index in [0.29, 0.717) is 44.6 Å². The quantitative estimate of drug-likeness (QED) is 0.679. The van der Waals surface area contributed by atoms with Crippen molar-refractivity contribution in [2.75, 3.05) is 20.3 Å². The first-order valence-corrected chi connectivity index (χ1v) is 10.8. The Labute approximate surface area is 182 Å². The van der Waals surface area contributed by atoms with E-state index in [1.54, 1.807) is 7.11 Å². The maximum atomic E-state index is 11.5. The Morgan fingerprint density at radius 3 is 2.32 bits per heavy atom. The van der Waals surface area contributed by atoms with Crippen LogP contribution >= 0.6 is 0 Å². The van der Waals surface area contributed by atoms with Gasteiger partial charge in [-0.05, 0) is 56.2 Å². The zero-order valence-electron chi connectivity index (χ0n) is 18.0. The van der Waals surface area contributed by atoms with Gasteiger partial charge in [0.05, 0.1) is 37.4 Å². The lowest BCUT2D eigenvalue weighted by Crippen LogP contribution is -2.42. The monoisotopic (exact) mass is 420 g/mol. The van der Waals surface area contributed by atoms with Crippen molar-refractivity contribution in [1.82, 2.24) is 9.78 Å². The van der Waals surface area contributed by atoms with E-state index in [1.165, 1.54) is 5.56 Å². The highest BCUT2D eigenvalue weighted by molar-refractivity contribution is 5.64. The van der Waals surface area contributed by atoms with Crippen LogP contribution in [-0.4, -0.2) is 41.0 Å². The molecule has 31 heavy (non-hydrogen) atoms. The fraction of sp³-hybridized carbons (Fsp3) is 0.400. The number of hydrogen-bond acceptors (Lipinski definition) is 5. The number of benzene rings is 2. The van der Waals surface area contributed by atoms with Gasteiger partial charge in [-0.25, -0.2) is 4.68 Å². The smallest absolute Gasteiger partial charge is 0.168 e. The van der Waals surface area contributed by atoms with Crippen molar-refractivity contribution in [2.45, 2.75) is 44.0 Å². The number of nitrogens with zero attached hydrogens (tertiary/aromatic N) is 2. The topological polar surface area (TPSA) is 65.7 Å². The third-order valence-electron chi connectivity index (χ3n) is 6.47. The molecule has 2 aromatic carbocycles. The molecule has 1 aliphatic heterocycles. The second-order valence-corrected chi connectivity index (χ2v) is 8.53. The Kier molecular flexibility index (Phi) is 5.08. The number of aliphatic hydroxyl groups is 1. The second kappa shape index (κ2) is 7.79. The summed E-state index contributed by atoms with van der Waals surface area (Å²) in [6.45, 7) is 3.33. The Bertz CT molecular complexity index is 1060. The fourth-order valence-corrected chi connectivity index (χ4v) is 4.63. The summed E-state index contributed by atoms with van der Waals surface area (Å²) < 4.78 is 18.9. The molecule has 0 unspecified atom stereocenters. The number of rotatable bonds is 4. The predicted molar refractivity (Wildman–Crippen MR) is 117 cm³/mol. The largest absolute Gasteiger partial charge is 0.497 e. The van der Waals surface area contributed by atoms with E-state index < -0.39 is 11.4 Å². The van der Waals surface area contributed by atoms with Crippen LogP contribution in [0, 0.1) is 6.92 Å². The molecule has 0 atom stereocenters. The minimum absolute atomic E-state index is 0.524. The van der Waals surface area contributed by atoms with E-state index >= 15 is 0 Å². The highest BCUT2D eigenvalue weighted by atomic mass is 16.7. The van der Waals surface area contributed by atoms with Gasteiger partial charge >= 0.3 is 0 Å². The first-order chi connectivity index (χ1) is 15.0. The van der Waals surface area contributed by atoms with Crippen LogP contribution in [-0.2, 0) is 15.1 Å². The summed E-state index contributed by atoms with van der Waals surface area (Å²) in [5, 5.41) is 16.4. The molecule has 6 heteroatoms. The van der Waals surface area contributed by atoms with Crippen LogP contribution in [0.2, 0.25) is 0 Å². The standard InChI is InChI=1S/C25H28N2O4/c1-18-4-3-5-19(16-18)22-17-23(26-27(22)20-6-8-21(29-2)9-7-20)24(28)10-12-25(13-11-24)30-14-15-31-25/h3-9,16-17,28H,10-15H2,1-2H3. The van der Waals surface area contributed by atoms with Crippen molar-refractivity contribution in [3.63, 3.8) is 0 Å². The molecule has 1 N–H and O–H groups in total. The molecule has 6 nitrogen and oxygen atoms in total. The Morgan fingerprint density at radius 1 is 0.968 bits per heavy atom. The van der Waals surface area contributed by atoms with Gasteiger partial charge in [-0.1, -0.05) is 23.8 Å². The third-order valence-corrected chi connectivity index (χ3v) is 6.47. The summed E-state index contributed by atoms with van der Waals surface area (Å²) in [5.74, 6) is 0.269. The molecular formula is C25H28N2O4. The van der Waals surface area contributed by atoms with Crippen LogP contribution < -0.4 is 4.74 Å². The molecule has 162 valence electrons. The summed E-state index contributed by atoms with van der Waals surface area (Å²) >= 11 is 0. The highest BCUT2D eigenvalue weighted by Crippen LogP contribution is 2.45. The average molecular weight is 421 g/mol. The molecule has 0 bridgehead atoms. The fourth-order valence-electron chi connectivity index (χ4n) is 4.63. The lowest BCUT2D eigenvalue weighted by Gasteiger charge is -2.39. The number of hydrogen-bond donors (Lipinski definition) is 1. The molecule has 1 aromatic heterocycles. The van der Waals surface area contributed by atoms with Gasteiger partial charge in [-0.3, -0.25) is 0 Å². The molecule has 1 aliphatic carbocycles. The van der Waals surface area contributed by atoms with Gasteiger partial charge in [0.25, 0.3) is 0 Å². The van der Waals surface area contributed by atoms with Gasteiger partial charge in [0.1, 0.15) is 11.4 Å². The molecule has 1 saturated heterocycles. The van der Waals surface area contributed by atoms with Crippen molar-refractivity contribution in [2.24, 2.45) is 0 Å². The van der Waals surface area contributed by atoms with Crippen molar-refractivity contribution >= 4 is 0 Å². The van der Waals surface area contributed by atoms with Crippen LogP contribution in [0.1, 0.15) is 36.9 Å². The van der Waals surface area contributed by atoms with E-state index in [4.69, 9.17) is 19.3 Å². The van der Waals surface area contributed by atoms with Gasteiger partial charge in [-0.2, -0.15) is 5.10 Å². The van der Waals surface area contributed by atoms with Gasteiger partial charge < -0.3 is 19.3 Å². The Hall–Kier alpha value is -2.67. The maximum Gasteiger partial charge on any atom is 0.168 e. The molecule has 3 aromatic rings. The molecule has 0 radical (unpaired) electrons. The minimum Gasteiger partial charge on any atom is -0.497 e. The molecular weight excluding hydrogens is 392 g/mol. The zero-order chi connectivity index (χ0) is 21.5. The lowest BCUT2D eigenvalue weighted by atomic mass is 9.79. The van der Waals surface area contributed by atoms with E-state index in [0.717, 1.165) is 22.7 Å². The third kappa shape index (κ3) is 3.76. The zero-order valence-corrected chi connectivity index (χ0v) is 18.0. The molecule has 2 aliphatic rings. The van der Waals surface area contributed by atoms with E-state index in [-0.39, 0.29) is 0 Å². The maximum absolute atomic E-state index is 11.5. The van der Waals surface area contributed by atoms with Crippen LogP contribution in [0.4, 0.5) is 0 Å². The van der Waals surface area contributed by atoms with E-state index in [9.17, 15) is 5.11 Å². The van der Waals surface area contributed by atoms with E-state index in [2.05, 4.69) is 25.1 Å². The van der Waals surface area contributed by atoms with Crippen LogP contribution in [0.15, 0.2) is 54.6 Å². The summed E-state index contributed by atoms with van der Waals surface area (Å²) in [5.41, 5.74) is 3.79. The predicted octanol–water partition coefficient (Wildman–Crippen LogP) is 4.36. The highest BCUT2D eigenvalue weighted by Gasteiger charge is 2.47. The molecule has 2 fully saturated rings. The van der Waals surface area contributed by atoms with Crippen LogP contribution in [0.25, 0.3) is 16.9 Å². The Balaban J connectivity index is 1.54. The van der Waals surface area contributed by atoms with Crippen LogP contribution in [0.3, 0.4) is 0 Å². The number of aryl methyl sites for hydroxylation is 1. The average Bonchev–Trinajstić information content (AvgIpc) is 3.45. The Morgan fingerprint density at radius 2 is 1.68 bits per heavy atom. The summed E-state index contributed by atoms with van der Waals surface area (Å²) in [4.78, 5) is 0. The molecule has 1 saturated carbocycles. The van der Waals surface area contributed by atoms with Gasteiger partial charge in [0.15, 0.2) is 5.79 Å². The number of methoxy groups -OCH3 is 1. The molecule has 5 rings (SSSR count). The lowest BCUT2D eigenvalue weighted by molar-refractivity contribution is -0.204. The van der Waals surface area contributed by atoms with Crippen molar-refractivity contribution in [3.05, 3.63) is 65.9 Å². The van der Waals surface area contributed by atoms with Gasteiger partial charge in [-0.15, -0.1) is 0 Å². The number of ether oxygens (including phenoxy) is 3. The minimum atomic E-state index is -1.00. The SMILES string of the molecule is COc1ccc(-n2nc(C3(O)CCC4(CC3)OCCO4)cc2-c2cccc(C)c2)cc1. The van der Waals surface area contributed by atoms with Gasteiger partial charge in [0, 0.05) is 18.4 Å². The summed E-state index contributed by atoms with van der Waals surface area (Å²) in [6.07, 6.45) is 2.44.